The summed E-state index contributed by atoms with van der Waals surface area (Å²) in [6.45, 7) is 4.34. The minimum atomic E-state index is 0.0669. The van der Waals surface area contributed by atoms with E-state index in [0.29, 0.717) is 0 Å². The van der Waals surface area contributed by atoms with Crippen LogP contribution in [-0.2, 0) is 0 Å². The van der Waals surface area contributed by atoms with Crippen molar-refractivity contribution in [1.29, 1.82) is 0 Å². The fourth-order valence-electron chi connectivity index (χ4n) is 2.77. The molecule has 1 heterocycles. The lowest BCUT2D eigenvalue weighted by atomic mass is 9.94. The van der Waals surface area contributed by atoms with Crippen molar-refractivity contribution < 1.29 is 0 Å². The van der Waals surface area contributed by atoms with Crippen molar-refractivity contribution in [3.8, 4) is 0 Å². The third-order valence-corrected chi connectivity index (χ3v) is 3.99. The summed E-state index contributed by atoms with van der Waals surface area (Å²) in [4.78, 5) is 3.22. The van der Waals surface area contributed by atoms with Gasteiger partial charge in [0.05, 0.1) is 10.5 Å². The maximum Gasteiger partial charge on any atom is 0.0933 e. The first-order valence-corrected chi connectivity index (χ1v) is 5.92. The van der Waals surface area contributed by atoms with Crippen LogP contribution < -0.4 is 11.1 Å². The molecule has 1 aliphatic carbocycles. The maximum absolute atomic E-state index is 5.93. The topological polar surface area (TPSA) is 41.3 Å². The summed E-state index contributed by atoms with van der Waals surface area (Å²) >= 11 is 5.26. The maximum atomic E-state index is 5.93. The van der Waals surface area contributed by atoms with Crippen LogP contribution in [-0.4, -0.2) is 41.6 Å². The van der Waals surface area contributed by atoms with E-state index in [1.165, 1.54) is 25.7 Å². The van der Waals surface area contributed by atoms with Crippen LogP contribution in [0.5, 0.6) is 0 Å². The highest BCUT2D eigenvalue weighted by Gasteiger charge is 2.42. The van der Waals surface area contributed by atoms with E-state index in [4.69, 9.17) is 18.0 Å². The first-order valence-electron chi connectivity index (χ1n) is 5.51. The standard InChI is InChI=1S/C10H19N3S/c11-9(14)10(3-1-2-4-10)13-7-5-12-6-8-13/h12H,1-8H2,(H2,11,14). The molecule has 0 bridgehead atoms. The van der Waals surface area contributed by atoms with E-state index < -0.39 is 0 Å². The van der Waals surface area contributed by atoms with Gasteiger partial charge in [0.25, 0.3) is 0 Å². The average molecular weight is 213 g/mol. The predicted molar refractivity (Wildman–Crippen MR) is 62.4 cm³/mol. The summed E-state index contributed by atoms with van der Waals surface area (Å²) in [5.41, 5.74) is 6.00. The number of thiocarbonyl (C=S) groups is 1. The van der Waals surface area contributed by atoms with Gasteiger partial charge in [0, 0.05) is 26.2 Å². The second-order valence-corrected chi connectivity index (χ2v) is 4.78. The Balaban J connectivity index is 2.12. The fourth-order valence-corrected chi connectivity index (χ4v) is 3.10. The van der Waals surface area contributed by atoms with Gasteiger partial charge >= 0.3 is 0 Å². The van der Waals surface area contributed by atoms with Crippen molar-refractivity contribution in [3.63, 3.8) is 0 Å². The van der Waals surface area contributed by atoms with Gasteiger partial charge in [-0.3, -0.25) is 4.90 Å². The molecular weight excluding hydrogens is 194 g/mol. The van der Waals surface area contributed by atoms with Crippen molar-refractivity contribution in [2.24, 2.45) is 5.73 Å². The van der Waals surface area contributed by atoms with Crippen LogP contribution in [0.1, 0.15) is 25.7 Å². The Labute approximate surface area is 91.0 Å². The average Bonchev–Trinajstić information content (AvgIpc) is 2.69. The highest BCUT2D eigenvalue weighted by molar-refractivity contribution is 7.80. The van der Waals surface area contributed by atoms with Crippen LogP contribution >= 0.6 is 12.2 Å². The van der Waals surface area contributed by atoms with E-state index in [-0.39, 0.29) is 5.54 Å². The van der Waals surface area contributed by atoms with Crippen LogP contribution in [0.15, 0.2) is 0 Å². The van der Waals surface area contributed by atoms with Crippen molar-refractivity contribution in [2.75, 3.05) is 26.2 Å². The predicted octanol–water partition coefficient (Wildman–Crippen LogP) is 0.490. The van der Waals surface area contributed by atoms with Crippen LogP contribution in [0, 0.1) is 0 Å². The van der Waals surface area contributed by atoms with Crippen LogP contribution in [0.25, 0.3) is 0 Å². The van der Waals surface area contributed by atoms with Crippen molar-refractivity contribution in [3.05, 3.63) is 0 Å². The van der Waals surface area contributed by atoms with Gasteiger partial charge in [0.2, 0.25) is 0 Å². The van der Waals surface area contributed by atoms with Crippen LogP contribution in [0.3, 0.4) is 0 Å². The van der Waals surface area contributed by atoms with Gasteiger partial charge in [0.1, 0.15) is 0 Å². The Morgan fingerprint density at radius 2 is 1.79 bits per heavy atom. The molecule has 3 N–H and O–H groups in total. The van der Waals surface area contributed by atoms with Gasteiger partial charge in [-0.2, -0.15) is 0 Å². The fraction of sp³-hybridized carbons (Fsp3) is 0.900. The first-order chi connectivity index (χ1) is 6.76. The molecule has 3 nitrogen and oxygen atoms in total. The van der Waals surface area contributed by atoms with Crippen molar-refractivity contribution in [2.45, 2.75) is 31.2 Å². The zero-order valence-corrected chi connectivity index (χ0v) is 9.41. The first kappa shape index (κ1) is 10.3. The Bertz CT molecular complexity index is 217. The van der Waals surface area contributed by atoms with E-state index in [0.717, 1.165) is 31.2 Å². The molecular formula is C10H19N3S. The number of nitrogens with one attached hydrogen (secondary N) is 1. The molecule has 14 heavy (non-hydrogen) atoms. The number of nitrogens with two attached hydrogens (primary N) is 1. The highest BCUT2D eigenvalue weighted by Crippen LogP contribution is 2.35. The molecule has 1 saturated heterocycles. The van der Waals surface area contributed by atoms with Crippen molar-refractivity contribution in [1.82, 2.24) is 10.2 Å². The van der Waals surface area contributed by atoms with E-state index in [2.05, 4.69) is 10.2 Å². The van der Waals surface area contributed by atoms with Crippen LogP contribution in [0.2, 0.25) is 0 Å². The molecule has 2 aliphatic rings. The molecule has 0 aromatic heterocycles. The summed E-state index contributed by atoms with van der Waals surface area (Å²) in [5, 5.41) is 3.37. The monoisotopic (exact) mass is 213 g/mol. The van der Waals surface area contributed by atoms with E-state index in [1.807, 2.05) is 0 Å². The van der Waals surface area contributed by atoms with E-state index in [9.17, 15) is 0 Å². The number of nitrogens with zero attached hydrogens (tertiary/aromatic N) is 1. The number of hydrogen-bond donors (Lipinski definition) is 2. The Morgan fingerprint density at radius 1 is 1.21 bits per heavy atom. The molecule has 2 fully saturated rings. The normalized spacial score (nSPS) is 27.7. The third kappa shape index (κ3) is 1.66. The molecule has 0 aromatic carbocycles. The molecule has 1 saturated carbocycles. The molecule has 1 aliphatic heterocycles. The number of rotatable bonds is 2. The van der Waals surface area contributed by atoms with Gasteiger partial charge in [0.15, 0.2) is 0 Å². The minimum Gasteiger partial charge on any atom is -0.392 e. The number of piperazine rings is 1. The second-order valence-electron chi connectivity index (χ2n) is 4.34. The van der Waals surface area contributed by atoms with Gasteiger partial charge in [-0.15, -0.1) is 0 Å². The Hall–Kier alpha value is -0.190. The molecule has 0 spiro atoms. The smallest absolute Gasteiger partial charge is 0.0933 e. The summed E-state index contributed by atoms with van der Waals surface area (Å²) in [6.07, 6.45) is 4.90. The van der Waals surface area contributed by atoms with Crippen LogP contribution in [0.4, 0.5) is 0 Å². The molecule has 0 unspecified atom stereocenters. The summed E-state index contributed by atoms with van der Waals surface area (Å²) in [7, 11) is 0. The number of hydrogen-bond acceptors (Lipinski definition) is 3. The zero-order chi connectivity index (χ0) is 10.0. The van der Waals surface area contributed by atoms with Gasteiger partial charge < -0.3 is 11.1 Å². The molecule has 0 atom stereocenters. The van der Waals surface area contributed by atoms with Gasteiger partial charge in [-0.25, -0.2) is 0 Å². The second kappa shape index (κ2) is 4.13. The molecule has 2 rings (SSSR count). The summed E-state index contributed by atoms with van der Waals surface area (Å²) < 4.78 is 0. The largest absolute Gasteiger partial charge is 0.392 e. The minimum absolute atomic E-state index is 0.0669. The zero-order valence-electron chi connectivity index (χ0n) is 8.59. The van der Waals surface area contributed by atoms with Gasteiger partial charge in [-0.1, -0.05) is 25.1 Å². The molecule has 0 radical (unpaired) electrons. The van der Waals surface area contributed by atoms with E-state index in [1.54, 1.807) is 0 Å². The lowest BCUT2D eigenvalue weighted by Gasteiger charge is -2.42. The highest BCUT2D eigenvalue weighted by atomic mass is 32.1. The molecule has 0 amide bonds. The Morgan fingerprint density at radius 3 is 2.29 bits per heavy atom. The van der Waals surface area contributed by atoms with E-state index >= 15 is 0 Å². The summed E-state index contributed by atoms with van der Waals surface area (Å²) in [5.74, 6) is 0. The summed E-state index contributed by atoms with van der Waals surface area (Å²) in [6, 6.07) is 0. The molecule has 4 heteroatoms. The van der Waals surface area contributed by atoms with Gasteiger partial charge in [-0.05, 0) is 12.8 Å². The quantitative estimate of drug-likeness (QED) is 0.655. The SMILES string of the molecule is NC(=S)C1(N2CCNCC2)CCCC1. The molecule has 80 valence electrons. The Kier molecular flexibility index (Phi) is 3.04. The third-order valence-electron chi connectivity index (χ3n) is 3.61. The lowest BCUT2D eigenvalue weighted by Crippen LogP contribution is -2.60. The molecule has 0 aromatic rings. The lowest BCUT2D eigenvalue weighted by molar-refractivity contribution is 0.134. The van der Waals surface area contributed by atoms with Crippen molar-refractivity contribution >= 4 is 17.2 Å².